The number of nitrogens with two attached hydrogens (primary N) is 2. The summed E-state index contributed by atoms with van der Waals surface area (Å²) in [6.45, 7) is 0.450. The molecular weight excluding hydrogens is 318 g/mol. The van der Waals surface area contributed by atoms with Gasteiger partial charge in [0.15, 0.2) is 0 Å². The molecule has 0 heterocycles. The molecule has 19 heavy (non-hydrogen) atoms. The highest BCUT2D eigenvalue weighted by Crippen LogP contribution is 2.28. The van der Waals surface area contributed by atoms with Crippen molar-refractivity contribution in [1.82, 2.24) is 0 Å². The Labute approximate surface area is 118 Å². The number of methoxy groups -OCH3 is 1. The van der Waals surface area contributed by atoms with Crippen molar-refractivity contribution in [2.45, 2.75) is 0 Å². The molecule has 7 nitrogen and oxygen atoms in total. The maximum Gasteiger partial charge on any atom is 0.404 e. The van der Waals surface area contributed by atoms with Gasteiger partial charge in [0.1, 0.15) is 6.61 Å². The second-order valence-corrected chi connectivity index (χ2v) is 4.36. The van der Waals surface area contributed by atoms with Crippen molar-refractivity contribution in [1.29, 1.82) is 0 Å². The molecule has 0 bridgehead atoms. The van der Waals surface area contributed by atoms with Crippen LogP contribution in [0.2, 0.25) is 0 Å². The fourth-order valence-electron chi connectivity index (χ4n) is 1.35. The second kappa shape index (κ2) is 6.83. The van der Waals surface area contributed by atoms with Gasteiger partial charge in [0.05, 0.1) is 12.7 Å². The molecule has 1 amide bonds. The van der Waals surface area contributed by atoms with Gasteiger partial charge < -0.3 is 26.3 Å². The molecule has 1 aromatic carbocycles. The summed E-state index contributed by atoms with van der Waals surface area (Å²) in [5.41, 5.74) is 11.7. The number of rotatable bonds is 5. The average molecular weight is 332 g/mol. The number of hydrogen-bond acceptors (Lipinski definition) is 6. The van der Waals surface area contributed by atoms with Crippen LogP contribution in [0.1, 0.15) is 10.4 Å². The topological polar surface area (TPSA) is 117 Å². The van der Waals surface area contributed by atoms with Gasteiger partial charge in [0.2, 0.25) is 0 Å². The number of nitrogen functional groups attached to an aromatic ring is 1. The first-order chi connectivity index (χ1) is 8.95. The first-order valence-corrected chi connectivity index (χ1v) is 6.08. The van der Waals surface area contributed by atoms with Crippen LogP contribution in [-0.4, -0.2) is 32.3 Å². The number of halogens is 1. The molecule has 1 rings (SSSR count). The van der Waals surface area contributed by atoms with E-state index in [1.54, 1.807) is 12.1 Å². The number of carbonyl (C=O) groups is 2. The van der Waals surface area contributed by atoms with Crippen molar-refractivity contribution in [2.75, 3.05) is 31.3 Å². The van der Waals surface area contributed by atoms with Gasteiger partial charge in [0.25, 0.3) is 0 Å². The number of carbonyl (C=O) groups excluding carboxylic acids is 2. The Morgan fingerprint density at radius 1 is 1.42 bits per heavy atom. The quantitative estimate of drug-likeness (QED) is 0.425. The third-order valence-electron chi connectivity index (χ3n) is 2.21. The van der Waals surface area contributed by atoms with Crippen LogP contribution in [0.15, 0.2) is 16.6 Å². The molecule has 0 aliphatic heterocycles. The summed E-state index contributed by atoms with van der Waals surface area (Å²) in [7, 11) is 1.28. The van der Waals surface area contributed by atoms with E-state index in [4.69, 9.17) is 11.5 Å². The van der Waals surface area contributed by atoms with Gasteiger partial charge in [0, 0.05) is 22.4 Å². The van der Waals surface area contributed by atoms with Crippen LogP contribution in [0, 0.1) is 0 Å². The van der Waals surface area contributed by atoms with E-state index in [9.17, 15) is 9.59 Å². The van der Waals surface area contributed by atoms with Gasteiger partial charge in [-0.15, -0.1) is 0 Å². The zero-order chi connectivity index (χ0) is 14.4. The molecular formula is C11H14BrN3O4. The lowest BCUT2D eigenvalue weighted by atomic mass is 10.1. The predicted octanol–water partition coefficient (Wildman–Crippen LogP) is 1.33. The molecule has 0 fully saturated rings. The lowest BCUT2D eigenvalue weighted by Gasteiger charge is -2.12. The molecule has 0 aromatic heterocycles. The summed E-state index contributed by atoms with van der Waals surface area (Å²) in [6, 6.07) is 3.14. The number of primary amides is 1. The summed E-state index contributed by atoms with van der Waals surface area (Å²) < 4.78 is 9.87. The molecule has 1 aromatic rings. The van der Waals surface area contributed by atoms with Crippen molar-refractivity contribution < 1.29 is 19.1 Å². The summed E-state index contributed by atoms with van der Waals surface area (Å²) in [5.74, 6) is -0.526. The minimum atomic E-state index is -0.839. The predicted molar refractivity (Wildman–Crippen MR) is 73.9 cm³/mol. The Morgan fingerprint density at radius 3 is 2.68 bits per heavy atom. The Kier molecular flexibility index (Phi) is 5.43. The third-order valence-corrected chi connectivity index (χ3v) is 2.86. The number of esters is 1. The van der Waals surface area contributed by atoms with Gasteiger partial charge in [-0.3, -0.25) is 0 Å². The molecule has 0 unspecified atom stereocenters. The highest BCUT2D eigenvalue weighted by atomic mass is 79.9. The van der Waals surface area contributed by atoms with Gasteiger partial charge in [-0.1, -0.05) is 0 Å². The molecule has 0 spiro atoms. The monoisotopic (exact) mass is 331 g/mol. The first kappa shape index (κ1) is 15.1. The van der Waals surface area contributed by atoms with Crippen LogP contribution in [0.3, 0.4) is 0 Å². The van der Waals surface area contributed by atoms with Crippen LogP contribution < -0.4 is 16.8 Å². The van der Waals surface area contributed by atoms with Crippen LogP contribution in [0.4, 0.5) is 16.2 Å². The van der Waals surface area contributed by atoms with E-state index >= 15 is 0 Å². The van der Waals surface area contributed by atoms with E-state index in [0.717, 1.165) is 0 Å². The highest BCUT2D eigenvalue weighted by Gasteiger charge is 2.13. The van der Waals surface area contributed by atoms with Gasteiger partial charge in [-0.05, 0) is 28.1 Å². The van der Waals surface area contributed by atoms with E-state index in [2.05, 4.69) is 30.7 Å². The zero-order valence-corrected chi connectivity index (χ0v) is 11.8. The lowest BCUT2D eigenvalue weighted by molar-refractivity contribution is 0.0602. The van der Waals surface area contributed by atoms with E-state index in [0.29, 0.717) is 22.4 Å². The smallest absolute Gasteiger partial charge is 0.404 e. The summed E-state index contributed by atoms with van der Waals surface area (Å²) in [4.78, 5) is 21.9. The molecule has 0 saturated carbocycles. The molecule has 8 heteroatoms. The van der Waals surface area contributed by atoms with Crippen LogP contribution in [0.25, 0.3) is 0 Å². The number of amides is 1. The summed E-state index contributed by atoms with van der Waals surface area (Å²) in [5, 5.41) is 2.97. The van der Waals surface area contributed by atoms with Gasteiger partial charge >= 0.3 is 12.1 Å². The number of benzene rings is 1. The first-order valence-electron chi connectivity index (χ1n) is 5.29. The van der Waals surface area contributed by atoms with Gasteiger partial charge in [-0.25, -0.2) is 9.59 Å². The van der Waals surface area contributed by atoms with E-state index in [1.807, 2.05) is 0 Å². The molecule has 104 valence electrons. The Balaban J connectivity index is 2.77. The summed E-state index contributed by atoms with van der Waals surface area (Å²) in [6.07, 6.45) is -0.839. The molecule has 5 N–H and O–H groups in total. The van der Waals surface area contributed by atoms with Crippen LogP contribution in [0.5, 0.6) is 0 Å². The standard InChI is InChI=1S/C11H14BrN3O4/c1-18-10(16)6-4-9(7(12)5-8(6)13)15-2-3-19-11(14)17/h4-5,15H,2-3,13H2,1H3,(H2,14,17). The molecule has 0 aliphatic carbocycles. The number of nitrogens with one attached hydrogen (secondary N) is 1. The average Bonchev–Trinajstić information content (AvgIpc) is 2.35. The van der Waals surface area contributed by atoms with Crippen molar-refractivity contribution in [2.24, 2.45) is 5.73 Å². The number of ether oxygens (including phenoxy) is 2. The van der Waals surface area contributed by atoms with E-state index in [1.165, 1.54) is 7.11 Å². The Hall–Kier alpha value is -1.96. The SMILES string of the molecule is COC(=O)c1cc(NCCOC(N)=O)c(Br)cc1N. The van der Waals surface area contributed by atoms with Crippen molar-refractivity contribution in [3.8, 4) is 0 Å². The fraction of sp³-hybridized carbons (Fsp3) is 0.273. The summed E-state index contributed by atoms with van der Waals surface area (Å²) >= 11 is 3.31. The van der Waals surface area contributed by atoms with Crippen LogP contribution in [-0.2, 0) is 9.47 Å². The van der Waals surface area contributed by atoms with Crippen molar-refractivity contribution >= 4 is 39.4 Å². The molecule has 0 atom stereocenters. The Bertz CT molecular complexity index is 493. The van der Waals surface area contributed by atoms with Crippen LogP contribution >= 0.6 is 15.9 Å². The fourth-order valence-corrected chi connectivity index (χ4v) is 1.85. The van der Waals surface area contributed by atoms with Crippen molar-refractivity contribution in [3.05, 3.63) is 22.2 Å². The second-order valence-electron chi connectivity index (χ2n) is 3.51. The zero-order valence-electron chi connectivity index (χ0n) is 10.2. The van der Waals surface area contributed by atoms with Crippen molar-refractivity contribution in [3.63, 3.8) is 0 Å². The minimum Gasteiger partial charge on any atom is -0.465 e. The molecule has 0 saturated heterocycles. The third kappa shape index (κ3) is 4.32. The minimum absolute atomic E-state index is 0.111. The van der Waals surface area contributed by atoms with E-state index < -0.39 is 12.1 Å². The molecule has 0 radical (unpaired) electrons. The number of anilines is 2. The number of hydrogen-bond donors (Lipinski definition) is 3. The Morgan fingerprint density at radius 2 is 2.11 bits per heavy atom. The normalized spacial score (nSPS) is 9.79. The maximum atomic E-state index is 11.5. The largest absolute Gasteiger partial charge is 0.465 e. The molecule has 0 aliphatic rings. The maximum absolute atomic E-state index is 11.5. The van der Waals surface area contributed by atoms with Gasteiger partial charge in [-0.2, -0.15) is 0 Å². The van der Waals surface area contributed by atoms with E-state index in [-0.39, 0.29) is 12.2 Å². The lowest BCUT2D eigenvalue weighted by Crippen LogP contribution is -2.18. The highest BCUT2D eigenvalue weighted by molar-refractivity contribution is 9.10.